The van der Waals surface area contributed by atoms with E-state index in [1.54, 1.807) is 11.8 Å². The lowest BCUT2D eigenvalue weighted by Crippen LogP contribution is -2.32. The molecule has 26 heavy (non-hydrogen) atoms. The molecule has 2 aliphatic heterocycles. The highest BCUT2D eigenvalue weighted by Gasteiger charge is 2.20. The molecule has 0 spiro atoms. The first-order valence-corrected chi connectivity index (χ1v) is 10.8. The fraction of sp³-hybridized carbons (Fsp3) is 0.600. The molecule has 0 saturated carbocycles. The maximum absolute atomic E-state index is 13.0. The lowest BCUT2D eigenvalue weighted by Gasteiger charge is -2.26. The Hall–Kier alpha value is -1.37. The lowest BCUT2D eigenvalue weighted by molar-refractivity contribution is 0.0937. The van der Waals surface area contributed by atoms with Crippen LogP contribution >= 0.6 is 11.8 Å². The number of ether oxygens (including phenoxy) is 1. The number of rotatable bonds is 6. The van der Waals surface area contributed by atoms with E-state index in [1.165, 1.54) is 32.4 Å². The van der Waals surface area contributed by atoms with Crippen LogP contribution in [0.2, 0.25) is 0 Å². The van der Waals surface area contributed by atoms with Crippen molar-refractivity contribution in [2.45, 2.75) is 49.9 Å². The zero-order valence-electron chi connectivity index (χ0n) is 15.2. The molecule has 2 aliphatic rings. The number of likely N-dealkylation sites (tertiary alicyclic amines) is 1. The Kier molecular flexibility index (Phi) is 5.92. The lowest BCUT2D eigenvalue weighted by atomic mass is 10.1. The van der Waals surface area contributed by atoms with E-state index in [1.807, 2.05) is 28.8 Å². The Balaban J connectivity index is 1.55. The van der Waals surface area contributed by atoms with Crippen LogP contribution in [-0.4, -0.2) is 52.5 Å². The van der Waals surface area contributed by atoms with Gasteiger partial charge in [-0.05, 0) is 50.9 Å². The molecule has 0 aliphatic carbocycles. The van der Waals surface area contributed by atoms with Crippen LogP contribution in [0.5, 0.6) is 0 Å². The van der Waals surface area contributed by atoms with Crippen molar-refractivity contribution in [2.24, 2.45) is 0 Å². The average molecular weight is 374 g/mol. The van der Waals surface area contributed by atoms with E-state index < -0.39 is 0 Å². The zero-order valence-corrected chi connectivity index (χ0v) is 16.0. The minimum absolute atomic E-state index is 0.0616. The molecule has 6 heteroatoms. The summed E-state index contributed by atoms with van der Waals surface area (Å²) in [5.74, 6) is 0.969. The number of hydrogen-bond acceptors (Lipinski definition) is 5. The van der Waals surface area contributed by atoms with E-state index in [0.717, 1.165) is 42.4 Å². The first kappa shape index (κ1) is 18.0. The Labute approximate surface area is 158 Å². The third-order valence-corrected chi connectivity index (χ3v) is 6.28. The SMILES string of the molecule is O=c1c2ccccc2nc(SCCN2CCCCC2)n1CC1CCCO1. The van der Waals surface area contributed by atoms with Gasteiger partial charge in [0.2, 0.25) is 0 Å². The summed E-state index contributed by atoms with van der Waals surface area (Å²) in [6.45, 7) is 4.89. The number of para-hydroxylation sites is 1. The second-order valence-electron chi connectivity index (χ2n) is 7.21. The third-order valence-electron chi connectivity index (χ3n) is 5.32. The summed E-state index contributed by atoms with van der Waals surface area (Å²) in [5, 5.41) is 1.53. The highest BCUT2D eigenvalue weighted by atomic mass is 32.2. The van der Waals surface area contributed by atoms with Crippen LogP contribution in [0.25, 0.3) is 10.9 Å². The smallest absolute Gasteiger partial charge is 0.262 e. The molecule has 0 bridgehead atoms. The molecule has 3 heterocycles. The number of benzene rings is 1. The van der Waals surface area contributed by atoms with E-state index in [9.17, 15) is 4.79 Å². The quantitative estimate of drug-likeness (QED) is 0.575. The van der Waals surface area contributed by atoms with E-state index in [4.69, 9.17) is 9.72 Å². The molecule has 1 aromatic carbocycles. The Morgan fingerprint density at radius 2 is 2.00 bits per heavy atom. The summed E-state index contributed by atoms with van der Waals surface area (Å²) >= 11 is 1.71. The molecule has 2 fully saturated rings. The molecule has 1 unspecified atom stereocenters. The molecule has 140 valence electrons. The van der Waals surface area contributed by atoms with Crippen LogP contribution in [0.4, 0.5) is 0 Å². The Bertz CT molecular complexity index is 795. The fourth-order valence-electron chi connectivity index (χ4n) is 3.86. The van der Waals surface area contributed by atoms with Gasteiger partial charge >= 0.3 is 0 Å². The van der Waals surface area contributed by atoms with Crippen LogP contribution in [0.3, 0.4) is 0 Å². The van der Waals surface area contributed by atoms with Crippen molar-refractivity contribution in [1.82, 2.24) is 14.5 Å². The van der Waals surface area contributed by atoms with Crippen molar-refractivity contribution in [3.8, 4) is 0 Å². The van der Waals surface area contributed by atoms with Crippen molar-refractivity contribution in [2.75, 3.05) is 32.0 Å². The second kappa shape index (κ2) is 8.55. The molecular formula is C20H27N3O2S. The van der Waals surface area contributed by atoms with Gasteiger partial charge < -0.3 is 9.64 Å². The summed E-state index contributed by atoms with van der Waals surface area (Å²) in [7, 11) is 0. The molecule has 1 aromatic heterocycles. The van der Waals surface area contributed by atoms with Crippen molar-refractivity contribution in [3.05, 3.63) is 34.6 Å². The molecule has 1 atom stereocenters. The van der Waals surface area contributed by atoms with Crippen LogP contribution < -0.4 is 5.56 Å². The number of fused-ring (bicyclic) bond motifs is 1. The van der Waals surface area contributed by atoms with E-state index in [0.29, 0.717) is 11.9 Å². The van der Waals surface area contributed by atoms with Gasteiger partial charge in [-0.3, -0.25) is 9.36 Å². The van der Waals surface area contributed by atoms with Crippen LogP contribution in [0.15, 0.2) is 34.2 Å². The van der Waals surface area contributed by atoms with E-state index in [2.05, 4.69) is 4.90 Å². The minimum atomic E-state index is 0.0616. The van der Waals surface area contributed by atoms with Crippen molar-refractivity contribution < 1.29 is 4.74 Å². The standard InChI is InChI=1S/C20H27N3O2S/c24-19-17-8-2-3-9-18(17)21-20(23(19)15-16-7-6-13-25-16)26-14-12-22-10-4-1-5-11-22/h2-3,8-9,16H,1,4-7,10-15H2. The average Bonchev–Trinajstić information content (AvgIpc) is 3.19. The molecule has 2 aromatic rings. The van der Waals surface area contributed by atoms with Gasteiger partial charge in [-0.2, -0.15) is 0 Å². The fourth-order valence-corrected chi connectivity index (χ4v) is 4.87. The largest absolute Gasteiger partial charge is 0.376 e. The molecular weight excluding hydrogens is 346 g/mol. The summed E-state index contributed by atoms with van der Waals surface area (Å²) in [4.78, 5) is 20.4. The zero-order chi connectivity index (χ0) is 17.8. The van der Waals surface area contributed by atoms with E-state index in [-0.39, 0.29) is 11.7 Å². The molecule has 0 amide bonds. The number of aromatic nitrogens is 2. The van der Waals surface area contributed by atoms with Gasteiger partial charge in [0, 0.05) is 18.9 Å². The number of hydrogen-bond donors (Lipinski definition) is 0. The van der Waals surface area contributed by atoms with Crippen LogP contribution in [-0.2, 0) is 11.3 Å². The van der Waals surface area contributed by atoms with Crippen molar-refractivity contribution >= 4 is 22.7 Å². The predicted octanol–water partition coefficient (Wildman–Crippen LogP) is 3.15. The molecule has 0 radical (unpaired) electrons. The summed E-state index contributed by atoms with van der Waals surface area (Å²) in [5.41, 5.74) is 0.855. The predicted molar refractivity (Wildman–Crippen MR) is 106 cm³/mol. The molecule has 2 saturated heterocycles. The highest BCUT2D eigenvalue weighted by Crippen LogP contribution is 2.21. The van der Waals surface area contributed by atoms with Crippen molar-refractivity contribution in [1.29, 1.82) is 0 Å². The number of thioether (sulfide) groups is 1. The van der Waals surface area contributed by atoms with Crippen LogP contribution in [0.1, 0.15) is 32.1 Å². The van der Waals surface area contributed by atoms with E-state index >= 15 is 0 Å². The summed E-state index contributed by atoms with van der Waals surface area (Å²) in [6, 6.07) is 7.66. The minimum Gasteiger partial charge on any atom is -0.376 e. The topological polar surface area (TPSA) is 47.4 Å². The van der Waals surface area contributed by atoms with Gasteiger partial charge in [0.25, 0.3) is 5.56 Å². The van der Waals surface area contributed by atoms with Gasteiger partial charge in [0.05, 0.1) is 23.6 Å². The first-order valence-electron chi connectivity index (χ1n) is 9.77. The maximum atomic E-state index is 13.0. The van der Waals surface area contributed by atoms with Crippen LogP contribution in [0, 0.1) is 0 Å². The molecule has 5 nitrogen and oxygen atoms in total. The number of nitrogens with zero attached hydrogens (tertiary/aromatic N) is 3. The third kappa shape index (κ3) is 4.13. The Morgan fingerprint density at radius 1 is 1.15 bits per heavy atom. The first-order chi connectivity index (χ1) is 12.8. The maximum Gasteiger partial charge on any atom is 0.262 e. The molecule has 0 N–H and O–H groups in total. The highest BCUT2D eigenvalue weighted by molar-refractivity contribution is 7.99. The number of piperidine rings is 1. The van der Waals surface area contributed by atoms with Gasteiger partial charge in [0.1, 0.15) is 0 Å². The van der Waals surface area contributed by atoms with Gasteiger partial charge in [-0.15, -0.1) is 0 Å². The summed E-state index contributed by atoms with van der Waals surface area (Å²) < 4.78 is 7.62. The van der Waals surface area contributed by atoms with Gasteiger partial charge in [-0.25, -0.2) is 4.98 Å². The monoisotopic (exact) mass is 373 g/mol. The van der Waals surface area contributed by atoms with Crippen molar-refractivity contribution in [3.63, 3.8) is 0 Å². The Morgan fingerprint density at radius 3 is 2.81 bits per heavy atom. The second-order valence-corrected chi connectivity index (χ2v) is 8.28. The van der Waals surface area contributed by atoms with Gasteiger partial charge in [0.15, 0.2) is 5.16 Å². The molecule has 4 rings (SSSR count). The normalized spacial score (nSPS) is 21.5. The summed E-state index contributed by atoms with van der Waals surface area (Å²) in [6.07, 6.45) is 6.22. The van der Waals surface area contributed by atoms with Gasteiger partial charge in [-0.1, -0.05) is 30.3 Å².